The second kappa shape index (κ2) is 6.89. The monoisotopic (exact) mass is 266 g/mol. The van der Waals surface area contributed by atoms with Gasteiger partial charge in [0.25, 0.3) is 0 Å². The van der Waals surface area contributed by atoms with Crippen LogP contribution in [0.4, 0.5) is 0 Å². The molecule has 1 heterocycles. The summed E-state index contributed by atoms with van der Waals surface area (Å²) in [4.78, 5) is 0. The minimum Gasteiger partial charge on any atom is -0.494 e. The lowest BCUT2D eigenvalue weighted by Gasteiger charge is -2.15. The quantitative estimate of drug-likeness (QED) is 0.859. The fourth-order valence-corrected chi connectivity index (χ4v) is 2.12. The number of hydrogen-bond donors (Lipinski definition) is 1. The first-order chi connectivity index (χ1) is 9.20. The van der Waals surface area contributed by atoms with E-state index in [1.165, 1.54) is 0 Å². The Hall–Kier alpha value is -1.10. The maximum atomic E-state index is 9.65. The molecule has 1 aromatic rings. The second-order valence-corrected chi connectivity index (χ2v) is 4.77. The van der Waals surface area contributed by atoms with Crippen LogP contribution in [0.2, 0.25) is 0 Å². The van der Waals surface area contributed by atoms with Crippen molar-refractivity contribution >= 4 is 0 Å². The van der Waals surface area contributed by atoms with E-state index >= 15 is 0 Å². The molecule has 19 heavy (non-hydrogen) atoms. The highest BCUT2D eigenvalue weighted by Gasteiger charge is 2.17. The van der Waals surface area contributed by atoms with E-state index in [-0.39, 0.29) is 6.10 Å². The average Bonchev–Trinajstić information content (AvgIpc) is 2.90. The molecular formula is C15H22O4. The molecule has 4 heteroatoms. The Labute approximate surface area is 114 Å². The number of benzene rings is 1. The summed E-state index contributed by atoms with van der Waals surface area (Å²) in [7, 11) is 0. The number of rotatable bonds is 6. The minimum absolute atomic E-state index is 0.171. The van der Waals surface area contributed by atoms with Crippen molar-refractivity contribution in [2.24, 2.45) is 0 Å². The predicted octanol–water partition coefficient (Wildman–Crippen LogP) is 2.44. The zero-order chi connectivity index (χ0) is 13.7. The Morgan fingerprint density at radius 2 is 2.32 bits per heavy atom. The lowest BCUT2D eigenvalue weighted by molar-refractivity contribution is 0.0306. The van der Waals surface area contributed by atoms with E-state index in [0.717, 1.165) is 29.9 Å². The van der Waals surface area contributed by atoms with Crippen LogP contribution >= 0.6 is 0 Å². The van der Waals surface area contributed by atoms with E-state index in [0.29, 0.717) is 19.8 Å². The summed E-state index contributed by atoms with van der Waals surface area (Å²) < 4.78 is 16.7. The number of hydrogen-bond acceptors (Lipinski definition) is 4. The third kappa shape index (κ3) is 3.93. The van der Waals surface area contributed by atoms with Gasteiger partial charge in [0, 0.05) is 12.2 Å². The maximum Gasteiger partial charge on any atom is 0.124 e. The van der Waals surface area contributed by atoms with Crippen LogP contribution in [-0.4, -0.2) is 31.0 Å². The molecule has 1 N–H and O–H groups in total. The van der Waals surface area contributed by atoms with Crippen molar-refractivity contribution in [2.75, 3.05) is 19.8 Å². The van der Waals surface area contributed by atoms with Crippen LogP contribution in [0.25, 0.3) is 0 Å². The Bertz CT molecular complexity index is 397. The van der Waals surface area contributed by atoms with Crippen LogP contribution in [0.15, 0.2) is 18.2 Å². The Kier molecular flexibility index (Phi) is 5.19. The fraction of sp³-hybridized carbons (Fsp3) is 0.600. The minimum atomic E-state index is -0.482. The lowest BCUT2D eigenvalue weighted by atomic mass is 10.1. The first-order valence-electron chi connectivity index (χ1n) is 6.83. The van der Waals surface area contributed by atoms with Gasteiger partial charge in [-0.2, -0.15) is 0 Å². The highest BCUT2D eigenvalue weighted by molar-refractivity contribution is 5.37. The van der Waals surface area contributed by atoms with E-state index in [9.17, 15) is 5.11 Å². The zero-order valence-corrected chi connectivity index (χ0v) is 11.6. The second-order valence-electron chi connectivity index (χ2n) is 4.77. The highest BCUT2D eigenvalue weighted by atomic mass is 16.5. The summed E-state index contributed by atoms with van der Waals surface area (Å²) in [5, 5.41) is 9.65. The van der Waals surface area contributed by atoms with Crippen LogP contribution in [0.1, 0.15) is 37.5 Å². The van der Waals surface area contributed by atoms with Gasteiger partial charge < -0.3 is 19.3 Å². The molecule has 2 atom stereocenters. The summed E-state index contributed by atoms with van der Waals surface area (Å²) in [6.07, 6.45) is 0.633. The van der Waals surface area contributed by atoms with Crippen molar-refractivity contribution < 1.29 is 19.3 Å². The van der Waals surface area contributed by atoms with Gasteiger partial charge in [-0.1, -0.05) is 6.07 Å². The Morgan fingerprint density at radius 3 is 2.95 bits per heavy atom. The fourth-order valence-electron chi connectivity index (χ4n) is 2.12. The Morgan fingerprint density at radius 1 is 1.47 bits per heavy atom. The van der Waals surface area contributed by atoms with Crippen molar-refractivity contribution in [3.8, 4) is 5.75 Å². The van der Waals surface area contributed by atoms with Gasteiger partial charge in [-0.15, -0.1) is 0 Å². The van der Waals surface area contributed by atoms with Gasteiger partial charge in [0.2, 0.25) is 0 Å². The molecule has 0 radical (unpaired) electrons. The van der Waals surface area contributed by atoms with Crippen molar-refractivity contribution in [3.63, 3.8) is 0 Å². The molecule has 2 rings (SSSR count). The molecule has 0 spiro atoms. The SMILES string of the molecule is CCOc1ccc(C(C)O)cc1COC1CCOC1. The van der Waals surface area contributed by atoms with Crippen LogP contribution < -0.4 is 4.74 Å². The number of ether oxygens (including phenoxy) is 3. The molecule has 0 aliphatic carbocycles. The molecule has 0 bridgehead atoms. The van der Waals surface area contributed by atoms with Crippen LogP contribution in [0.3, 0.4) is 0 Å². The molecule has 1 aromatic carbocycles. The van der Waals surface area contributed by atoms with Gasteiger partial charge in [0.15, 0.2) is 0 Å². The van der Waals surface area contributed by atoms with Gasteiger partial charge in [-0.3, -0.25) is 0 Å². The maximum absolute atomic E-state index is 9.65. The van der Waals surface area contributed by atoms with Gasteiger partial charge >= 0.3 is 0 Å². The molecule has 106 valence electrons. The van der Waals surface area contributed by atoms with E-state index < -0.39 is 6.10 Å². The molecule has 1 saturated heterocycles. The summed E-state index contributed by atoms with van der Waals surface area (Å²) in [6.45, 7) is 6.26. The van der Waals surface area contributed by atoms with E-state index in [2.05, 4.69) is 0 Å². The van der Waals surface area contributed by atoms with Gasteiger partial charge in [-0.25, -0.2) is 0 Å². The molecule has 0 amide bonds. The summed E-state index contributed by atoms with van der Waals surface area (Å²) >= 11 is 0. The Balaban J connectivity index is 2.07. The van der Waals surface area contributed by atoms with Crippen LogP contribution in [0.5, 0.6) is 5.75 Å². The van der Waals surface area contributed by atoms with Crippen molar-refractivity contribution in [3.05, 3.63) is 29.3 Å². The average molecular weight is 266 g/mol. The molecule has 1 aliphatic rings. The van der Waals surface area contributed by atoms with E-state index in [1.54, 1.807) is 6.92 Å². The summed E-state index contributed by atoms with van der Waals surface area (Å²) in [5.41, 5.74) is 1.86. The largest absolute Gasteiger partial charge is 0.494 e. The first-order valence-corrected chi connectivity index (χ1v) is 6.83. The predicted molar refractivity (Wildman–Crippen MR) is 72.3 cm³/mol. The smallest absolute Gasteiger partial charge is 0.124 e. The topological polar surface area (TPSA) is 47.9 Å². The van der Waals surface area contributed by atoms with Gasteiger partial charge in [0.05, 0.1) is 32.0 Å². The van der Waals surface area contributed by atoms with Gasteiger partial charge in [-0.05, 0) is 38.0 Å². The van der Waals surface area contributed by atoms with Crippen LogP contribution in [0, 0.1) is 0 Å². The van der Waals surface area contributed by atoms with Crippen molar-refractivity contribution in [1.29, 1.82) is 0 Å². The molecule has 4 nitrogen and oxygen atoms in total. The van der Waals surface area contributed by atoms with Gasteiger partial charge in [0.1, 0.15) is 5.75 Å². The molecule has 0 saturated carbocycles. The standard InChI is InChI=1S/C15H22O4/c1-3-18-15-5-4-12(11(2)16)8-13(15)9-19-14-6-7-17-10-14/h4-5,8,11,14,16H,3,6-7,9-10H2,1-2H3. The summed E-state index contributed by atoms with van der Waals surface area (Å²) in [6, 6.07) is 5.73. The highest BCUT2D eigenvalue weighted by Crippen LogP contribution is 2.25. The molecule has 2 unspecified atom stereocenters. The van der Waals surface area contributed by atoms with Crippen LogP contribution in [-0.2, 0) is 16.1 Å². The zero-order valence-electron chi connectivity index (χ0n) is 11.6. The van der Waals surface area contributed by atoms with E-state index in [4.69, 9.17) is 14.2 Å². The summed E-state index contributed by atoms with van der Waals surface area (Å²) in [5.74, 6) is 0.825. The molecule has 1 aliphatic heterocycles. The first kappa shape index (κ1) is 14.3. The lowest BCUT2D eigenvalue weighted by Crippen LogP contribution is -2.12. The van der Waals surface area contributed by atoms with Crippen molar-refractivity contribution in [2.45, 2.75) is 39.1 Å². The third-order valence-corrected chi connectivity index (χ3v) is 3.23. The third-order valence-electron chi connectivity index (χ3n) is 3.23. The molecule has 1 fully saturated rings. The number of aliphatic hydroxyl groups is 1. The normalized spacial score (nSPS) is 20.5. The van der Waals surface area contributed by atoms with E-state index in [1.807, 2.05) is 25.1 Å². The van der Waals surface area contributed by atoms with Crippen molar-refractivity contribution in [1.82, 2.24) is 0 Å². The molecular weight excluding hydrogens is 244 g/mol. The number of aliphatic hydroxyl groups excluding tert-OH is 1. The molecule has 0 aromatic heterocycles.